The van der Waals surface area contributed by atoms with Gasteiger partial charge in [0.1, 0.15) is 11.8 Å². The summed E-state index contributed by atoms with van der Waals surface area (Å²) in [6.45, 7) is 2.49. The molecule has 1 atom stereocenters. The van der Waals surface area contributed by atoms with E-state index in [0.717, 1.165) is 25.9 Å². The van der Waals surface area contributed by atoms with Crippen LogP contribution in [0.15, 0.2) is 48.7 Å². The van der Waals surface area contributed by atoms with Crippen LogP contribution in [0.4, 0.5) is 10.5 Å². The van der Waals surface area contributed by atoms with Gasteiger partial charge >= 0.3 is 18.0 Å². The molecule has 1 N–H and O–H groups in total. The first-order valence-electron chi connectivity index (χ1n) is 9.71. The molecule has 2 bridgehead atoms. The number of hydrogen-bond acceptors (Lipinski definition) is 7. The number of amides is 1. The van der Waals surface area contributed by atoms with Crippen molar-refractivity contribution in [2.45, 2.75) is 18.9 Å². The molecule has 9 nitrogen and oxygen atoms in total. The van der Waals surface area contributed by atoms with Crippen LogP contribution in [-0.4, -0.2) is 58.8 Å². The lowest BCUT2D eigenvalue weighted by Gasteiger charge is -2.43. The zero-order valence-corrected chi connectivity index (χ0v) is 16.1. The lowest BCUT2D eigenvalue weighted by Crippen LogP contribution is -2.52. The van der Waals surface area contributed by atoms with Crippen LogP contribution in [-0.2, 0) is 19.2 Å². The fourth-order valence-corrected chi connectivity index (χ4v) is 3.92. The summed E-state index contributed by atoms with van der Waals surface area (Å²) in [5, 5.41) is 9.94. The SMILES string of the molecule is O=C(OC1CN2CCC1CC2)C(=O)ON(C(=O)O)c1cccnc1-c1ccccc1. The number of hydroxylamine groups is 1. The van der Waals surface area contributed by atoms with Crippen LogP contribution in [0.2, 0.25) is 0 Å². The maximum Gasteiger partial charge on any atom is 0.445 e. The molecule has 0 aliphatic carbocycles. The van der Waals surface area contributed by atoms with Gasteiger partial charge in [-0.1, -0.05) is 30.3 Å². The Bertz CT molecular complexity index is 943. The lowest BCUT2D eigenvalue weighted by atomic mass is 9.86. The molecule has 0 saturated carbocycles. The number of esters is 1. The van der Waals surface area contributed by atoms with Crippen LogP contribution in [0.5, 0.6) is 0 Å². The highest BCUT2D eigenvalue weighted by Crippen LogP contribution is 2.31. The summed E-state index contributed by atoms with van der Waals surface area (Å²) < 4.78 is 5.33. The molecular formula is C21H21N3O6. The van der Waals surface area contributed by atoms with E-state index in [0.29, 0.717) is 22.9 Å². The normalized spacial score (nSPS) is 22.2. The molecule has 1 amide bonds. The van der Waals surface area contributed by atoms with Crippen LogP contribution in [0, 0.1) is 5.92 Å². The topological polar surface area (TPSA) is 109 Å². The minimum absolute atomic E-state index is 0.0141. The van der Waals surface area contributed by atoms with Gasteiger partial charge < -0.3 is 14.7 Å². The van der Waals surface area contributed by atoms with Crippen LogP contribution in [0.25, 0.3) is 11.3 Å². The molecule has 5 rings (SSSR count). The molecular weight excluding hydrogens is 390 g/mol. The largest absolute Gasteiger partial charge is 0.463 e. The fraction of sp³-hybridized carbons (Fsp3) is 0.333. The first-order valence-corrected chi connectivity index (χ1v) is 9.71. The number of anilines is 1. The highest BCUT2D eigenvalue weighted by molar-refractivity contribution is 6.30. The van der Waals surface area contributed by atoms with E-state index >= 15 is 0 Å². The number of nitrogens with zero attached hydrogens (tertiary/aromatic N) is 3. The van der Waals surface area contributed by atoms with Crippen molar-refractivity contribution >= 4 is 23.7 Å². The molecule has 4 heterocycles. The van der Waals surface area contributed by atoms with E-state index in [2.05, 4.69) is 9.88 Å². The van der Waals surface area contributed by atoms with Gasteiger partial charge in [0.25, 0.3) is 0 Å². The summed E-state index contributed by atoms with van der Waals surface area (Å²) in [6.07, 6.45) is 1.36. The van der Waals surface area contributed by atoms with E-state index in [-0.39, 0.29) is 17.7 Å². The third kappa shape index (κ3) is 4.11. The highest BCUT2D eigenvalue weighted by atomic mass is 16.7. The molecule has 9 heteroatoms. The van der Waals surface area contributed by atoms with Crippen molar-refractivity contribution in [2.24, 2.45) is 5.92 Å². The number of pyridine rings is 1. The van der Waals surface area contributed by atoms with Crippen molar-refractivity contribution in [1.82, 2.24) is 9.88 Å². The smallest absolute Gasteiger partial charge is 0.445 e. The molecule has 1 aromatic carbocycles. The average molecular weight is 411 g/mol. The summed E-state index contributed by atoms with van der Waals surface area (Å²) in [4.78, 5) is 47.7. The Morgan fingerprint density at radius 3 is 2.40 bits per heavy atom. The van der Waals surface area contributed by atoms with Crippen LogP contribution < -0.4 is 5.06 Å². The molecule has 3 saturated heterocycles. The second-order valence-corrected chi connectivity index (χ2v) is 7.27. The standard InChI is InChI=1S/C21H21N3O6/c25-19(29-17-13-23-11-8-14(17)9-12-23)20(26)30-24(21(27)28)16-7-4-10-22-18(16)15-5-2-1-3-6-15/h1-7,10,14,17H,8-9,11-13H2,(H,27,28). The van der Waals surface area contributed by atoms with E-state index < -0.39 is 18.0 Å². The molecule has 3 fully saturated rings. The molecule has 1 aromatic heterocycles. The number of benzene rings is 1. The van der Waals surface area contributed by atoms with Crippen molar-refractivity contribution in [3.63, 3.8) is 0 Å². The molecule has 0 spiro atoms. The molecule has 3 aliphatic heterocycles. The van der Waals surface area contributed by atoms with Crippen molar-refractivity contribution in [1.29, 1.82) is 0 Å². The van der Waals surface area contributed by atoms with Crippen molar-refractivity contribution in [2.75, 3.05) is 24.7 Å². The van der Waals surface area contributed by atoms with Crippen molar-refractivity contribution < 1.29 is 29.1 Å². The van der Waals surface area contributed by atoms with Gasteiger partial charge in [-0.3, -0.25) is 9.88 Å². The quantitative estimate of drug-likeness (QED) is 0.466. The molecule has 156 valence electrons. The minimum Gasteiger partial charge on any atom is -0.463 e. The maximum atomic E-state index is 12.3. The number of piperidine rings is 3. The summed E-state index contributed by atoms with van der Waals surface area (Å²) in [7, 11) is 0. The zero-order valence-electron chi connectivity index (χ0n) is 16.1. The van der Waals surface area contributed by atoms with Gasteiger partial charge in [-0.05, 0) is 44.0 Å². The number of carbonyl (C=O) groups is 3. The molecule has 2 aromatic rings. The van der Waals surface area contributed by atoms with E-state index in [1.54, 1.807) is 24.3 Å². The zero-order chi connectivity index (χ0) is 21.1. The monoisotopic (exact) mass is 411 g/mol. The summed E-state index contributed by atoms with van der Waals surface area (Å²) in [6, 6.07) is 11.8. The Morgan fingerprint density at radius 1 is 1.03 bits per heavy atom. The van der Waals surface area contributed by atoms with E-state index in [9.17, 15) is 19.5 Å². The number of aromatic nitrogens is 1. The molecule has 0 radical (unpaired) electrons. The summed E-state index contributed by atoms with van der Waals surface area (Å²) in [5.41, 5.74) is 0.935. The predicted molar refractivity (Wildman–Crippen MR) is 105 cm³/mol. The fourth-order valence-electron chi connectivity index (χ4n) is 3.92. The van der Waals surface area contributed by atoms with E-state index in [4.69, 9.17) is 9.57 Å². The number of carboxylic acid groups (broad SMARTS) is 1. The van der Waals surface area contributed by atoms with Crippen molar-refractivity contribution in [3.05, 3.63) is 48.7 Å². The molecule has 1 unspecified atom stereocenters. The van der Waals surface area contributed by atoms with Gasteiger partial charge in [0.15, 0.2) is 0 Å². The van der Waals surface area contributed by atoms with E-state index in [1.165, 1.54) is 18.3 Å². The Morgan fingerprint density at radius 2 is 1.77 bits per heavy atom. The van der Waals surface area contributed by atoms with Gasteiger partial charge in [-0.15, -0.1) is 5.06 Å². The first-order chi connectivity index (χ1) is 14.5. The molecule has 30 heavy (non-hydrogen) atoms. The van der Waals surface area contributed by atoms with Gasteiger partial charge in [0.05, 0.1) is 5.69 Å². The minimum atomic E-state index is -1.57. The number of hydrogen-bond donors (Lipinski definition) is 1. The number of carbonyl (C=O) groups excluding carboxylic acids is 2. The van der Waals surface area contributed by atoms with Gasteiger partial charge in [-0.2, -0.15) is 0 Å². The van der Waals surface area contributed by atoms with Crippen molar-refractivity contribution in [3.8, 4) is 11.3 Å². The maximum absolute atomic E-state index is 12.3. The lowest BCUT2D eigenvalue weighted by molar-refractivity contribution is -0.176. The van der Waals surface area contributed by atoms with Gasteiger partial charge in [0.2, 0.25) is 0 Å². The van der Waals surface area contributed by atoms with Gasteiger partial charge in [-0.25, -0.2) is 14.4 Å². The Balaban J connectivity index is 1.50. The van der Waals surface area contributed by atoms with Crippen LogP contribution in [0.1, 0.15) is 12.8 Å². The van der Waals surface area contributed by atoms with Crippen LogP contribution in [0.3, 0.4) is 0 Å². The highest BCUT2D eigenvalue weighted by Gasteiger charge is 2.38. The first kappa shape index (κ1) is 19.8. The number of rotatable bonds is 3. The predicted octanol–water partition coefficient (Wildman–Crippen LogP) is 2.33. The Labute approximate surface area is 172 Å². The average Bonchev–Trinajstić information content (AvgIpc) is 2.78. The molecule has 3 aliphatic rings. The number of ether oxygens (including phenoxy) is 1. The number of fused-ring (bicyclic) bond motifs is 3. The van der Waals surface area contributed by atoms with Crippen LogP contribution >= 0.6 is 0 Å². The second kappa shape index (κ2) is 8.50. The third-order valence-corrected chi connectivity index (χ3v) is 5.42. The summed E-state index contributed by atoms with van der Waals surface area (Å²) >= 11 is 0. The Kier molecular flexibility index (Phi) is 5.62. The van der Waals surface area contributed by atoms with Gasteiger partial charge in [0, 0.05) is 18.3 Å². The summed E-state index contributed by atoms with van der Waals surface area (Å²) in [5.74, 6) is -2.38. The van der Waals surface area contributed by atoms with E-state index in [1.807, 2.05) is 6.07 Å². The Hall–Kier alpha value is -3.46. The third-order valence-electron chi connectivity index (χ3n) is 5.42. The second-order valence-electron chi connectivity index (χ2n) is 7.27.